The molecule has 0 fully saturated rings. The molecule has 0 radical (unpaired) electrons. The van der Waals surface area contributed by atoms with Crippen molar-refractivity contribution < 1.29 is 9.59 Å². The summed E-state index contributed by atoms with van der Waals surface area (Å²) < 4.78 is 0. The van der Waals surface area contributed by atoms with Crippen molar-refractivity contribution in [1.82, 2.24) is 0 Å². The molecule has 2 aromatic carbocycles. The molecule has 2 aromatic rings. The van der Waals surface area contributed by atoms with Gasteiger partial charge in [0.25, 0.3) is 0 Å². The van der Waals surface area contributed by atoms with Crippen LogP contribution in [0.1, 0.15) is 31.8 Å². The third-order valence-electron chi connectivity index (χ3n) is 3.44. The van der Waals surface area contributed by atoms with Crippen LogP contribution in [0.2, 0.25) is 0 Å². The second-order valence-corrected chi connectivity index (χ2v) is 6.12. The zero-order valence-electron chi connectivity index (χ0n) is 11.1. The Bertz CT molecular complexity index is 672. The zero-order valence-corrected chi connectivity index (χ0v) is 12.7. The van der Waals surface area contributed by atoms with Gasteiger partial charge in [-0.3, -0.25) is 9.59 Å². The molecule has 3 rings (SSSR count). The summed E-state index contributed by atoms with van der Waals surface area (Å²) in [6.07, 6.45) is 3.84. The van der Waals surface area contributed by atoms with Crippen molar-refractivity contribution in [3.8, 4) is 0 Å². The molecule has 20 heavy (non-hydrogen) atoms. The normalized spacial score (nSPS) is 13.1. The van der Waals surface area contributed by atoms with E-state index in [-0.39, 0.29) is 11.6 Å². The lowest BCUT2D eigenvalue weighted by Crippen LogP contribution is -2.22. The minimum Gasteiger partial charge on any atom is -0.289 e. The number of carbonyl (C=O) groups excluding carboxylic acids is 2. The van der Waals surface area contributed by atoms with Crippen LogP contribution in [0.25, 0.3) is 0 Å². The Morgan fingerprint density at radius 1 is 0.700 bits per heavy atom. The van der Waals surface area contributed by atoms with E-state index in [2.05, 4.69) is 0 Å². The maximum Gasteiger partial charge on any atom is 0.195 e. The van der Waals surface area contributed by atoms with Gasteiger partial charge in [-0.1, -0.05) is 24.3 Å². The zero-order chi connectivity index (χ0) is 14.3. The van der Waals surface area contributed by atoms with Crippen LogP contribution in [0.5, 0.6) is 0 Å². The summed E-state index contributed by atoms with van der Waals surface area (Å²) in [6.45, 7) is 0. The van der Waals surface area contributed by atoms with Crippen molar-refractivity contribution in [2.45, 2.75) is 9.79 Å². The van der Waals surface area contributed by atoms with Crippen LogP contribution in [-0.4, -0.2) is 24.1 Å². The molecule has 0 saturated carbocycles. The van der Waals surface area contributed by atoms with E-state index in [0.717, 1.165) is 9.79 Å². The minimum atomic E-state index is -0.0459. The van der Waals surface area contributed by atoms with Gasteiger partial charge >= 0.3 is 0 Å². The average Bonchev–Trinajstić information content (AvgIpc) is 2.50. The first-order chi connectivity index (χ1) is 9.69. The largest absolute Gasteiger partial charge is 0.289 e. The molecule has 0 spiro atoms. The molecule has 0 unspecified atom stereocenters. The lowest BCUT2D eigenvalue weighted by molar-refractivity contribution is 0.0974. The van der Waals surface area contributed by atoms with E-state index >= 15 is 0 Å². The van der Waals surface area contributed by atoms with Crippen molar-refractivity contribution in [2.75, 3.05) is 12.5 Å². The minimum absolute atomic E-state index is 0.0459. The van der Waals surface area contributed by atoms with Crippen LogP contribution >= 0.6 is 23.5 Å². The van der Waals surface area contributed by atoms with Gasteiger partial charge in [-0.25, -0.2) is 0 Å². The number of benzene rings is 2. The number of thioether (sulfide) groups is 2. The van der Waals surface area contributed by atoms with E-state index in [9.17, 15) is 9.59 Å². The van der Waals surface area contributed by atoms with E-state index in [0.29, 0.717) is 22.3 Å². The molecule has 0 heterocycles. The second kappa shape index (κ2) is 5.11. The van der Waals surface area contributed by atoms with Gasteiger partial charge in [-0.15, -0.1) is 23.5 Å². The molecule has 0 bridgehead atoms. The highest BCUT2D eigenvalue weighted by Gasteiger charge is 2.32. The van der Waals surface area contributed by atoms with Crippen molar-refractivity contribution in [1.29, 1.82) is 0 Å². The third-order valence-corrected chi connectivity index (χ3v) is 5.00. The van der Waals surface area contributed by atoms with E-state index < -0.39 is 0 Å². The maximum absolute atomic E-state index is 12.7. The average molecular weight is 300 g/mol. The second-order valence-electron chi connectivity index (χ2n) is 4.42. The Balaban J connectivity index is 2.34. The number of carbonyl (C=O) groups is 2. The Hall–Kier alpha value is -1.52. The smallest absolute Gasteiger partial charge is 0.195 e. The molecule has 0 saturated heterocycles. The Morgan fingerprint density at radius 2 is 1.10 bits per heavy atom. The van der Waals surface area contributed by atoms with Crippen LogP contribution in [0.15, 0.2) is 46.2 Å². The van der Waals surface area contributed by atoms with Crippen molar-refractivity contribution in [3.63, 3.8) is 0 Å². The SMILES string of the molecule is CSc1cccc2c1C(=O)c1cccc(SC)c1C2=O. The monoisotopic (exact) mass is 300 g/mol. The maximum atomic E-state index is 12.7. The van der Waals surface area contributed by atoms with Gasteiger partial charge in [-0.2, -0.15) is 0 Å². The molecule has 2 nitrogen and oxygen atoms in total. The third kappa shape index (κ3) is 1.83. The van der Waals surface area contributed by atoms with Gasteiger partial charge < -0.3 is 0 Å². The summed E-state index contributed by atoms with van der Waals surface area (Å²) in [5.41, 5.74) is 2.15. The van der Waals surface area contributed by atoms with Crippen LogP contribution in [0.4, 0.5) is 0 Å². The van der Waals surface area contributed by atoms with Crippen molar-refractivity contribution in [2.24, 2.45) is 0 Å². The summed E-state index contributed by atoms with van der Waals surface area (Å²) in [6, 6.07) is 10.9. The van der Waals surface area contributed by atoms with Gasteiger partial charge in [0.15, 0.2) is 11.6 Å². The molecule has 0 N–H and O–H groups in total. The molecule has 0 atom stereocenters. The first-order valence-electron chi connectivity index (χ1n) is 6.12. The summed E-state index contributed by atoms with van der Waals surface area (Å²) in [5.74, 6) is -0.0918. The Morgan fingerprint density at radius 3 is 1.45 bits per heavy atom. The number of fused-ring (bicyclic) bond motifs is 2. The highest BCUT2D eigenvalue weighted by atomic mass is 32.2. The topological polar surface area (TPSA) is 34.1 Å². The molecule has 0 amide bonds. The molecular formula is C16H12O2S2. The lowest BCUT2D eigenvalue weighted by atomic mass is 9.84. The number of ketones is 2. The van der Waals surface area contributed by atoms with E-state index in [1.807, 2.05) is 36.8 Å². The van der Waals surface area contributed by atoms with Crippen LogP contribution in [0.3, 0.4) is 0 Å². The summed E-state index contributed by atoms with van der Waals surface area (Å²) in [4.78, 5) is 27.2. The number of rotatable bonds is 2. The fourth-order valence-electron chi connectivity index (χ4n) is 2.52. The van der Waals surface area contributed by atoms with E-state index in [1.165, 1.54) is 23.5 Å². The van der Waals surface area contributed by atoms with Gasteiger partial charge in [0.05, 0.1) is 0 Å². The molecule has 100 valence electrons. The fourth-order valence-corrected chi connectivity index (χ4v) is 3.76. The Kier molecular flexibility index (Phi) is 3.44. The van der Waals surface area contributed by atoms with E-state index in [1.54, 1.807) is 12.1 Å². The van der Waals surface area contributed by atoms with Gasteiger partial charge in [0.2, 0.25) is 0 Å². The standard InChI is InChI=1S/C16H12O2S2/c1-19-11-7-3-5-9-13(11)15(17)10-6-4-8-12(20-2)14(10)16(9)18/h3-8H,1-2H3. The van der Waals surface area contributed by atoms with Crippen LogP contribution in [0, 0.1) is 0 Å². The molecule has 1 aliphatic carbocycles. The quantitative estimate of drug-likeness (QED) is 0.672. The molecule has 4 heteroatoms. The highest BCUT2D eigenvalue weighted by molar-refractivity contribution is 7.99. The predicted octanol–water partition coefficient (Wildman–Crippen LogP) is 3.91. The molecule has 0 aromatic heterocycles. The molecular weight excluding hydrogens is 288 g/mol. The summed E-state index contributed by atoms with van der Waals surface area (Å²) >= 11 is 2.99. The van der Waals surface area contributed by atoms with Crippen LogP contribution < -0.4 is 0 Å². The molecule has 1 aliphatic rings. The predicted molar refractivity (Wildman–Crippen MR) is 83.3 cm³/mol. The van der Waals surface area contributed by atoms with Crippen molar-refractivity contribution >= 4 is 35.1 Å². The Labute approximate surface area is 126 Å². The number of hydrogen-bond donors (Lipinski definition) is 0. The van der Waals surface area contributed by atoms with Gasteiger partial charge in [-0.05, 0) is 24.6 Å². The highest BCUT2D eigenvalue weighted by Crippen LogP contribution is 2.36. The fraction of sp³-hybridized carbons (Fsp3) is 0.125. The lowest BCUT2D eigenvalue weighted by Gasteiger charge is -2.21. The van der Waals surface area contributed by atoms with E-state index in [4.69, 9.17) is 0 Å². The first-order valence-corrected chi connectivity index (χ1v) is 8.57. The van der Waals surface area contributed by atoms with Crippen molar-refractivity contribution in [3.05, 3.63) is 58.7 Å². The van der Waals surface area contributed by atoms with Gasteiger partial charge in [0.1, 0.15) is 0 Å². The first kappa shape index (κ1) is 13.5. The number of hydrogen-bond acceptors (Lipinski definition) is 4. The summed E-state index contributed by atoms with van der Waals surface area (Å²) in [5, 5.41) is 0. The summed E-state index contributed by atoms with van der Waals surface area (Å²) in [7, 11) is 0. The molecule has 0 aliphatic heterocycles. The van der Waals surface area contributed by atoms with Gasteiger partial charge in [0, 0.05) is 32.0 Å². The van der Waals surface area contributed by atoms with Crippen LogP contribution in [-0.2, 0) is 0 Å².